The average Bonchev–Trinajstić information content (AvgIpc) is 2.27. The number of hydrogen-bond donors (Lipinski definition) is 2. The predicted molar refractivity (Wildman–Crippen MR) is 61.0 cm³/mol. The normalized spacial score (nSPS) is 12.6. The van der Waals surface area contributed by atoms with Gasteiger partial charge in [-0.1, -0.05) is 12.1 Å². The Kier molecular flexibility index (Phi) is 2.58. The maximum Gasteiger partial charge on any atom is 0.325 e. The number of fused-ring (bicyclic) bond motifs is 1. The smallest absolute Gasteiger partial charge is 0.325 e. The number of carbonyl (C=O) groups is 1. The van der Waals surface area contributed by atoms with E-state index < -0.39 is 12.0 Å². The Morgan fingerprint density at radius 2 is 2.12 bits per heavy atom. The van der Waals surface area contributed by atoms with Crippen molar-refractivity contribution < 1.29 is 9.90 Å². The van der Waals surface area contributed by atoms with E-state index in [1.54, 1.807) is 18.2 Å². The van der Waals surface area contributed by atoms with Gasteiger partial charge in [-0.15, -0.1) is 0 Å². The highest BCUT2D eigenvalue weighted by Crippen LogP contribution is 2.18. The first-order valence-corrected chi connectivity index (χ1v) is 4.93. The fourth-order valence-corrected chi connectivity index (χ4v) is 1.58. The molecule has 16 heavy (non-hydrogen) atoms. The van der Waals surface area contributed by atoms with Crippen molar-refractivity contribution in [1.82, 2.24) is 4.98 Å². The van der Waals surface area contributed by atoms with Crippen molar-refractivity contribution >= 4 is 16.9 Å². The Balaban J connectivity index is 2.52. The number of benzene rings is 1. The summed E-state index contributed by atoms with van der Waals surface area (Å²) in [5.74, 6) is -1.03. The monoisotopic (exact) mass is 216 g/mol. The Morgan fingerprint density at radius 3 is 2.81 bits per heavy atom. The molecule has 1 aromatic heterocycles. The molecule has 1 aromatic carbocycles. The number of carboxylic acid groups (broad SMARTS) is 1. The number of rotatable bonds is 2. The molecule has 0 unspecified atom stereocenters. The lowest BCUT2D eigenvalue weighted by Crippen LogP contribution is -2.20. The summed E-state index contributed by atoms with van der Waals surface area (Å²) in [6.45, 7) is 1.91. The predicted octanol–water partition coefficient (Wildman–Crippen LogP) is 1.63. The lowest BCUT2D eigenvalue weighted by atomic mass is 10.0. The van der Waals surface area contributed by atoms with E-state index in [1.807, 2.05) is 19.1 Å². The molecular formula is C12H12N2O2. The summed E-state index contributed by atoms with van der Waals surface area (Å²) in [4.78, 5) is 15.1. The van der Waals surface area contributed by atoms with Crippen molar-refractivity contribution in [2.24, 2.45) is 5.73 Å². The number of aromatic nitrogens is 1. The van der Waals surface area contributed by atoms with Gasteiger partial charge in [-0.3, -0.25) is 9.78 Å². The highest BCUT2D eigenvalue weighted by molar-refractivity contribution is 5.82. The quantitative estimate of drug-likeness (QED) is 0.799. The Hall–Kier alpha value is -1.94. The first-order chi connectivity index (χ1) is 7.58. The van der Waals surface area contributed by atoms with Crippen LogP contribution in [0.4, 0.5) is 0 Å². The zero-order valence-electron chi connectivity index (χ0n) is 8.84. The number of carboxylic acids is 1. The lowest BCUT2D eigenvalue weighted by Gasteiger charge is -2.07. The van der Waals surface area contributed by atoms with E-state index in [4.69, 9.17) is 10.8 Å². The highest BCUT2D eigenvalue weighted by atomic mass is 16.4. The molecule has 4 heteroatoms. The number of pyridine rings is 1. The minimum atomic E-state index is -1.03. The average molecular weight is 216 g/mol. The van der Waals surface area contributed by atoms with Gasteiger partial charge in [-0.2, -0.15) is 0 Å². The molecule has 0 fully saturated rings. The third-order valence-corrected chi connectivity index (χ3v) is 2.48. The van der Waals surface area contributed by atoms with Crippen molar-refractivity contribution in [2.45, 2.75) is 13.0 Å². The molecule has 0 bridgehead atoms. The van der Waals surface area contributed by atoms with E-state index >= 15 is 0 Å². The summed E-state index contributed by atoms with van der Waals surface area (Å²) in [7, 11) is 0. The fourth-order valence-electron chi connectivity index (χ4n) is 1.58. The number of hydrogen-bond acceptors (Lipinski definition) is 3. The Morgan fingerprint density at radius 1 is 1.38 bits per heavy atom. The first-order valence-electron chi connectivity index (χ1n) is 4.93. The van der Waals surface area contributed by atoms with Crippen LogP contribution in [0.25, 0.3) is 10.9 Å². The molecule has 0 saturated heterocycles. The van der Waals surface area contributed by atoms with Crippen LogP contribution in [-0.2, 0) is 4.79 Å². The molecule has 1 heterocycles. The molecule has 4 nitrogen and oxygen atoms in total. The second-order valence-corrected chi connectivity index (χ2v) is 3.72. The Labute approximate surface area is 92.7 Å². The van der Waals surface area contributed by atoms with Crippen LogP contribution in [0.1, 0.15) is 17.3 Å². The van der Waals surface area contributed by atoms with Crippen molar-refractivity contribution in [3.63, 3.8) is 0 Å². The van der Waals surface area contributed by atoms with Gasteiger partial charge in [0.15, 0.2) is 0 Å². The number of aryl methyl sites for hydroxylation is 1. The summed E-state index contributed by atoms with van der Waals surface area (Å²) in [6.07, 6.45) is 0. The van der Waals surface area contributed by atoms with E-state index in [0.29, 0.717) is 5.56 Å². The molecule has 0 radical (unpaired) electrons. The zero-order valence-corrected chi connectivity index (χ0v) is 8.84. The van der Waals surface area contributed by atoms with Gasteiger partial charge in [0, 0.05) is 11.1 Å². The minimum Gasteiger partial charge on any atom is -0.480 e. The van der Waals surface area contributed by atoms with Crippen molar-refractivity contribution in [1.29, 1.82) is 0 Å². The summed E-state index contributed by atoms with van der Waals surface area (Å²) in [5, 5.41) is 9.71. The van der Waals surface area contributed by atoms with Crippen LogP contribution in [0, 0.1) is 6.92 Å². The molecule has 0 aliphatic rings. The van der Waals surface area contributed by atoms with Gasteiger partial charge in [0.25, 0.3) is 0 Å². The number of aliphatic carboxylic acids is 1. The minimum absolute atomic E-state index is 0.589. The van der Waals surface area contributed by atoms with Crippen molar-refractivity contribution in [3.8, 4) is 0 Å². The third-order valence-electron chi connectivity index (χ3n) is 2.48. The van der Waals surface area contributed by atoms with Crippen LogP contribution in [0.3, 0.4) is 0 Å². The number of nitrogens with two attached hydrogens (primary N) is 1. The summed E-state index contributed by atoms with van der Waals surface area (Å²) >= 11 is 0. The molecule has 3 N–H and O–H groups in total. The van der Waals surface area contributed by atoms with E-state index in [1.165, 1.54) is 0 Å². The first kappa shape index (κ1) is 10.6. The van der Waals surface area contributed by atoms with Gasteiger partial charge in [-0.25, -0.2) is 0 Å². The fraction of sp³-hybridized carbons (Fsp3) is 0.167. The second-order valence-electron chi connectivity index (χ2n) is 3.72. The van der Waals surface area contributed by atoms with Crippen LogP contribution < -0.4 is 5.73 Å². The third kappa shape index (κ3) is 1.87. The highest BCUT2D eigenvalue weighted by Gasteiger charge is 2.14. The van der Waals surface area contributed by atoms with Gasteiger partial charge in [0.05, 0.1) is 5.52 Å². The van der Waals surface area contributed by atoms with Crippen LogP contribution in [0.15, 0.2) is 30.3 Å². The van der Waals surface area contributed by atoms with Gasteiger partial charge in [-0.05, 0) is 30.7 Å². The van der Waals surface area contributed by atoms with Crippen LogP contribution in [0.5, 0.6) is 0 Å². The van der Waals surface area contributed by atoms with Gasteiger partial charge in [0.2, 0.25) is 0 Å². The zero-order chi connectivity index (χ0) is 11.7. The SMILES string of the molecule is Cc1ccc2cc([C@@H](N)C(=O)O)ccc2n1. The maximum atomic E-state index is 10.7. The van der Waals surface area contributed by atoms with Crippen molar-refractivity contribution in [2.75, 3.05) is 0 Å². The lowest BCUT2D eigenvalue weighted by molar-refractivity contribution is -0.138. The van der Waals surface area contributed by atoms with Gasteiger partial charge < -0.3 is 10.8 Å². The van der Waals surface area contributed by atoms with E-state index in [9.17, 15) is 4.79 Å². The molecule has 0 aliphatic heterocycles. The summed E-state index contributed by atoms with van der Waals surface area (Å²) in [5.41, 5.74) is 7.91. The van der Waals surface area contributed by atoms with Gasteiger partial charge in [0.1, 0.15) is 6.04 Å². The molecule has 0 amide bonds. The summed E-state index contributed by atoms with van der Waals surface area (Å²) in [6, 6.07) is 8.08. The standard InChI is InChI=1S/C12H12N2O2/c1-7-2-3-8-6-9(11(13)12(15)16)4-5-10(8)14-7/h2-6,11H,13H2,1H3,(H,15,16)/t11-/m1/s1. The molecule has 0 saturated carbocycles. The van der Waals surface area contributed by atoms with Crippen LogP contribution in [0.2, 0.25) is 0 Å². The molecule has 82 valence electrons. The van der Waals surface area contributed by atoms with E-state index in [2.05, 4.69) is 4.98 Å². The Bertz CT molecular complexity index is 552. The molecule has 1 atom stereocenters. The van der Waals surface area contributed by atoms with Crippen LogP contribution >= 0.6 is 0 Å². The molecule has 0 spiro atoms. The molecule has 2 aromatic rings. The van der Waals surface area contributed by atoms with Crippen molar-refractivity contribution in [3.05, 3.63) is 41.6 Å². The number of nitrogens with zero attached hydrogens (tertiary/aromatic N) is 1. The molecule has 2 rings (SSSR count). The van der Waals surface area contributed by atoms with E-state index in [-0.39, 0.29) is 0 Å². The topological polar surface area (TPSA) is 76.2 Å². The second kappa shape index (κ2) is 3.90. The summed E-state index contributed by atoms with van der Waals surface area (Å²) < 4.78 is 0. The van der Waals surface area contributed by atoms with Crippen LogP contribution in [-0.4, -0.2) is 16.1 Å². The largest absolute Gasteiger partial charge is 0.480 e. The van der Waals surface area contributed by atoms with E-state index in [0.717, 1.165) is 16.6 Å². The van der Waals surface area contributed by atoms with Gasteiger partial charge >= 0.3 is 5.97 Å². The molecule has 0 aliphatic carbocycles. The maximum absolute atomic E-state index is 10.7. The molecular weight excluding hydrogens is 204 g/mol.